The number of likely N-dealkylation sites (tertiary alicyclic amines) is 1. The first-order valence-electron chi connectivity index (χ1n) is 11.3. The van der Waals surface area contributed by atoms with Gasteiger partial charge in [0.25, 0.3) is 5.91 Å². The van der Waals surface area contributed by atoms with Crippen LogP contribution < -0.4 is 14.9 Å². The van der Waals surface area contributed by atoms with Crippen LogP contribution in [0.4, 0.5) is 5.69 Å². The molecule has 2 aromatic carbocycles. The van der Waals surface area contributed by atoms with Crippen molar-refractivity contribution in [3.63, 3.8) is 0 Å². The molecule has 0 radical (unpaired) electrons. The van der Waals surface area contributed by atoms with E-state index in [0.29, 0.717) is 26.9 Å². The maximum absolute atomic E-state index is 13.2. The number of aryl methyl sites for hydroxylation is 1. The van der Waals surface area contributed by atoms with Crippen molar-refractivity contribution in [3.05, 3.63) is 74.2 Å². The van der Waals surface area contributed by atoms with Crippen LogP contribution in [0.2, 0.25) is 0 Å². The van der Waals surface area contributed by atoms with Crippen molar-refractivity contribution < 1.29 is 29.0 Å². The van der Waals surface area contributed by atoms with E-state index in [1.807, 2.05) is 19.1 Å². The molecular formula is C25H21N3O7S2. The highest BCUT2D eigenvalue weighted by molar-refractivity contribution is 8.00. The van der Waals surface area contributed by atoms with Gasteiger partial charge in [-0.05, 0) is 36.8 Å². The van der Waals surface area contributed by atoms with Crippen molar-refractivity contribution in [2.24, 2.45) is 5.92 Å². The molecule has 3 amide bonds. The van der Waals surface area contributed by atoms with Gasteiger partial charge in [0, 0.05) is 16.5 Å². The number of carbonyl (C=O) groups excluding carboxylic acids is 3. The summed E-state index contributed by atoms with van der Waals surface area (Å²) in [6, 6.07) is 14.1. The predicted molar refractivity (Wildman–Crippen MR) is 136 cm³/mol. The summed E-state index contributed by atoms with van der Waals surface area (Å²) in [5, 5.41) is 11.6. The van der Waals surface area contributed by atoms with Crippen LogP contribution in [0.5, 0.6) is 5.75 Å². The number of hydrogen-bond acceptors (Lipinski definition) is 8. The second-order valence-corrected chi connectivity index (χ2v) is 10.8. The quantitative estimate of drug-likeness (QED) is 0.388. The van der Waals surface area contributed by atoms with E-state index in [-0.39, 0.29) is 17.4 Å². The van der Waals surface area contributed by atoms with Gasteiger partial charge >= 0.3 is 10.8 Å². The molecule has 0 bridgehead atoms. The van der Waals surface area contributed by atoms with Crippen molar-refractivity contribution in [2.45, 2.75) is 23.1 Å². The second kappa shape index (κ2) is 9.87. The maximum Gasteiger partial charge on any atom is 0.323 e. The van der Waals surface area contributed by atoms with E-state index < -0.39 is 41.4 Å². The summed E-state index contributed by atoms with van der Waals surface area (Å²) in [5.74, 6) is -3.99. The fourth-order valence-electron chi connectivity index (χ4n) is 4.51. The van der Waals surface area contributed by atoms with Gasteiger partial charge in [-0.2, -0.15) is 0 Å². The highest BCUT2D eigenvalue weighted by atomic mass is 32.2. The average Bonchev–Trinajstić information content (AvgIpc) is 3.34. The van der Waals surface area contributed by atoms with E-state index in [0.717, 1.165) is 33.6 Å². The van der Waals surface area contributed by atoms with Crippen molar-refractivity contribution >= 4 is 52.5 Å². The minimum atomic E-state index is -1.29. The monoisotopic (exact) mass is 539 g/mol. The maximum atomic E-state index is 13.2. The number of anilines is 1. The van der Waals surface area contributed by atoms with Gasteiger partial charge in [-0.3, -0.25) is 28.9 Å². The van der Waals surface area contributed by atoms with Crippen LogP contribution >= 0.6 is 23.1 Å². The third kappa shape index (κ3) is 4.89. The fraction of sp³-hybridized carbons (Fsp3) is 0.240. The number of ether oxygens (including phenoxy) is 1. The number of nitrogens with zero attached hydrogens (tertiary/aromatic N) is 1. The summed E-state index contributed by atoms with van der Waals surface area (Å²) >= 11 is 2.03. The number of amides is 3. The molecule has 1 fully saturated rings. The van der Waals surface area contributed by atoms with E-state index in [1.54, 1.807) is 36.4 Å². The molecule has 10 nitrogen and oxygen atoms in total. The molecule has 2 unspecified atom stereocenters. The lowest BCUT2D eigenvalue weighted by molar-refractivity contribution is -0.149. The Bertz CT molecular complexity index is 1460. The Labute approximate surface area is 218 Å². The van der Waals surface area contributed by atoms with Crippen LogP contribution in [0.3, 0.4) is 0 Å². The summed E-state index contributed by atoms with van der Waals surface area (Å²) < 4.78 is 5.70. The Morgan fingerprint density at radius 1 is 1.11 bits per heavy atom. The first-order chi connectivity index (χ1) is 17.7. The van der Waals surface area contributed by atoms with Gasteiger partial charge in [-0.25, -0.2) is 0 Å². The predicted octanol–water partition coefficient (Wildman–Crippen LogP) is 2.44. The molecule has 0 spiro atoms. The molecule has 1 aromatic heterocycles. The second-order valence-electron chi connectivity index (χ2n) is 8.68. The number of thiazole rings is 1. The summed E-state index contributed by atoms with van der Waals surface area (Å²) in [6.07, 6.45) is 0. The molecule has 190 valence electrons. The van der Waals surface area contributed by atoms with Gasteiger partial charge in [-0.15, -0.1) is 0 Å². The van der Waals surface area contributed by atoms with Crippen LogP contribution in [-0.2, 0) is 19.2 Å². The minimum absolute atomic E-state index is 0.254. The first-order valence-corrected chi connectivity index (χ1v) is 13.0. The van der Waals surface area contributed by atoms with Crippen molar-refractivity contribution in [1.29, 1.82) is 0 Å². The van der Waals surface area contributed by atoms with Gasteiger partial charge in [-0.1, -0.05) is 52.9 Å². The number of fused-ring (bicyclic) bond motifs is 2. The van der Waals surface area contributed by atoms with E-state index >= 15 is 0 Å². The number of aliphatic carboxylic acids is 1. The number of nitrogens with one attached hydrogen (secondary N) is 2. The highest BCUT2D eigenvalue weighted by Gasteiger charge is 2.56. The van der Waals surface area contributed by atoms with Gasteiger partial charge in [0.05, 0.1) is 10.9 Å². The van der Waals surface area contributed by atoms with Crippen LogP contribution in [-0.4, -0.2) is 57.1 Å². The first kappa shape index (κ1) is 24.8. The third-order valence-corrected chi connectivity index (χ3v) is 8.53. The molecule has 37 heavy (non-hydrogen) atoms. The SMILES string of the molecule is Cc1ccc(NC(=O)COc2cccc([C@@H]3c4sc(=O)[nH]c4SC4C(=O)N(CC(=O)O)C(=O)C43)c2)cc1. The Kier molecular flexibility index (Phi) is 6.61. The summed E-state index contributed by atoms with van der Waals surface area (Å²) in [5.41, 5.74) is 2.32. The largest absolute Gasteiger partial charge is 0.484 e. The number of carboxylic acid groups (broad SMARTS) is 1. The van der Waals surface area contributed by atoms with E-state index in [9.17, 15) is 29.1 Å². The number of carbonyl (C=O) groups is 4. The molecule has 5 rings (SSSR count). The smallest absolute Gasteiger partial charge is 0.323 e. The number of thioether (sulfide) groups is 1. The van der Waals surface area contributed by atoms with Crippen LogP contribution in [0.15, 0.2) is 58.4 Å². The molecule has 3 atom stereocenters. The number of carboxylic acids is 1. The fourth-order valence-corrected chi connectivity index (χ4v) is 7.04. The zero-order valence-corrected chi connectivity index (χ0v) is 21.1. The normalized spacial score (nSPS) is 20.4. The Morgan fingerprint density at radius 3 is 2.59 bits per heavy atom. The number of aromatic amines is 1. The van der Waals surface area contributed by atoms with Gasteiger partial charge in [0.1, 0.15) is 17.5 Å². The van der Waals surface area contributed by atoms with Gasteiger partial charge in [0.15, 0.2) is 6.61 Å². The summed E-state index contributed by atoms with van der Waals surface area (Å²) in [6.45, 7) is 0.973. The zero-order chi connectivity index (χ0) is 26.3. The molecular weight excluding hydrogens is 518 g/mol. The minimum Gasteiger partial charge on any atom is -0.484 e. The summed E-state index contributed by atoms with van der Waals surface area (Å²) in [4.78, 5) is 65.8. The third-order valence-electron chi connectivity index (χ3n) is 6.13. The molecule has 0 aliphatic carbocycles. The molecule has 2 aliphatic heterocycles. The van der Waals surface area contributed by atoms with Gasteiger partial charge in [0.2, 0.25) is 11.8 Å². The van der Waals surface area contributed by atoms with E-state index in [4.69, 9.17) is 4.74 Å². The molecule has 3 N–H and O–H groups in total. The molecule has 3 heterocycles. The topological polar surface area (TPSA) is 146 Å². The van der Waals surface area contributed by atoms with E-state index in [1.165, 1.54) is 0 Å². The lowest BCUT2D eigenvalue weighted by Crippen LogP contribution is -2.36. The number of rotatable bonds is 7. The Hall–Kier alpha value is -3.90. The van der Waals surface area contributed by atoms with E-state index in [2.05, 4.69) is 10.3 Å². The summed E-state index contributed by atoms with van der Waals surface area (Å²) in [7, 11) is 0. The number of benzene rings is 2. The molecule has 0 saturated carbocycles. The Morgan fingerprint density at radius 2 is 1.86 bits per heavy atom. The lowest BCUT2D eigenvalue weighted by atomic mass is 9.83. The van der Waals surface area contributed by atoms with Crippen molar-refractivity contribution in [3.8, 4) is 5.75 Å². The molecule has 3 aromatic rings. The number of imide groups is 1. The number of H-pyrrole nitrogens is 1. The number of hydrogen-bond donors (Lipinski definition) is 3. The standard InChI is InChI=1S/C25H21N3O7S2/c1-12-5-7-14(8-6-12)26-16(29)11-35-15-4-2-3-13(9-15)18-19-21(36-22-20(18)37-25(34)27-22)24(33)28(23(19)32)10-17(30)31/h2-9,18-19,21H,10-11H2,1H3,(H,26,29)(H,27,34)(H,30,31)/t18-,19?,21?/m0/s1. The lowest BCUT2D eigenvalue weighted by Gasteiger charge is -2.30. The molecule has 12 heteroatoms. The van der Waals surface area contributed by atoms with Crippen molar-refractivity contribution in [1.82, 2.24) is 9.88 Å². The van der Waals surface area contributed by atoms with Crippen LogP contribution in [0.25, 0.3) is 0 Å². The number of aromatic nitrogens is 1. The molecule has 1 saturated heterocycles. The van der Waals surface area contributed by atoms with Crippen LogP contribution in [0.1, 0.15) is 21.9 Å². The average molecular weight is 540 g/mol. The van der Waals surface area contributed by atoms with Crippen LogP contribution in [0, 0.1) is 12.8 Å². The van der Waals surface area contributed by atoms with Crippen molar-refractivity contribution in [2.75, 3.05) is 18.5 Å². The Balaban J connectivity index is 1.40. The molecule has 2 aliphatic rings. The zero-order valence-electron chi connectivity index (χ0n) is 19.4. The highest BCUT2D eigenvalue weighted by Crippen LogP contribution is 2.52. The van der Waals surface area contributed by atoms with Gasteiger partial charge < -0.3 is 20.1 Å².